The molecule has 0 spiro atoms. The van der Waals surface area contributed by atoms with Gasteiger partial charge in [0.1, 0.15) is 16.8 Å². The van der Waals surface area contributed by atoms with E-state index < -0.39 is 16.0 Å². The minimum Gasteiger partial charge on any atom is -0.457 e. The topological polar surface area (TPSA) is 99.6 Å². The Hall–Kier alpha value is -1.34. The number of primary sulfonamides is 1. The monoisotopic (exact) mass is 315 g/mol. The minimum atomic E-state index is -3.90. The summed E-state index contributed by atoms with van der Waals surface area (Å²) in [4.78, 5) is 11.8. The van der Waals surface area contributed by atoms with Crippen LogP contribution in [0.25, 0.3) is 0 Å². The second-order valence-electron chi connectivity index (χ2n) is 6.34. The summed E-state index contributed by atoms with van der Waals surface area (Å²) in [6, 6.07) is 1.12. The first kappa shape index (κ1) is 16.0. The largest absolute Gasteiger partial charge is 0.457 e. The lowest BCUT2D eigenvalue weighted by Crippen LogP contribution is -2.28. The van der Waals surface area contributed by atoms with E-state index in [4.69, 9.17) is 14.3 Å². The molecule has 1 aromatic rings. The molecule has 21 heavy (non-hydrogen) atoms. The number of aryl methyl sites for hydroxylation is 1. The standard InChI is InChI=1S/C14H21NO5S/c1-9-12(21(15,17)18)8-11(19-9)13(16)20-10-4-6-14(2,3)7-5-10/h8,10H,4-7H2,1-3H3,(H2,15,17,18). The summed E-state index contributed by atoms with van der Waals surface area (Å²) in [6.07, 6.45) is 3.45. The Morgan fingerprint density at radius 1 is 1.38 bits per heavy atom. The van der Waals surface area contributed by atoms with Gasteiger partial charge in [-0.15, -0.1) is 0 Å². The minimum absolute atomic E-state index is 0.0919. The number of furan rings is 1. The van der Waals surface area contributed by atoms with Gasteiger partial charge in [-0.25, -0.2) is 18.4 Å². The van der Waals surface area contributed by atoms with Crippen molar-refractivity contribution in [1.29, 1.82) is 0 Å². The smallest absolute Gasteiger partial charge is 0.374 e. The molecule has 1 saturated carbocycles. The highest BCUT2D eigenvalue weighted by molar-refractivity contribution is 7.89. The van der Waals surface area contributed by atoms with Crippen molar-refractivity contribution in [3.05, 3.63) is 17.6 Å². The van der Waals surface area contributed by atoms with E-state index in [0.29, 0.717) is 0 Å². The zero-order valence-electron chi connectivity index (χ0n) is 12.5. The lowest BCUT2D eigenvalue weighted by Gasteiger charge is -2.33. The van der Waals surface area contributed by atoms with Gasteiger partial charge in [0.25, 0.3) is 0 Å². The van der Waals surface area contributed by atoms with E-state index in [1.54, 1.807) is 0 Å². The van der Waals surface area contributed by atoms with Crippen LogP contribution in [0.4, 0.5) is 0 Å². The van der Waals surface area contributed by atoms with Gasteiger partial charge in [-0.3, -0.25) is 0 Å². The van der Waals surface area contributed by atoms with Crippen LogP contribution in [0.1, 0.15) is 55.8 Å². The predicted molar refractivity (Wildman–Crippen MR) is 76.3 cm³/mol. The van der Waals surface area contributed by atoms with Crippen LogP contribution < -0.4 is 5.14 Å². The molecule has 0 unspecified atom stereocenters. The van der Waals surface area contributed by atoms with Gasteiger partial charge in [-0.2, -0.15) is 0 Å². The summed E-state index contributed by atoms with van der Waals surface area (Å²) < 4.78 is 33.2. The SMILES string of the molecule is Cc1oc(C(=O)OC2CCC(C)(C)CC2)cc1S(N)(=O)=O. The highest BCUT2D eigenvalue weighted by atomic mass is 32.2. The molecule has 0 atom stereocenters. The molecule has 1 aliphatic carbocycles. The van der Waals surface area contributed by atoms with Crippen molar-refractivity contribution in [3.8, 4) is 0 Å². The van der Waals surface area contributed by atoms with Crippen LogP contribution in [0.5, 0.6) is 0 Å². The molecule has 0 radical (unpaired) electrons. The number of nitrogens with two attached hydrogens (primary N) is 1. The number of carbonyl (C=O) groups excluding carboxylic acids is 1. The Morgan fingerprint density at radius 3 is 2.43 bits per heavy atom. The molecular weight excluding hydrogens is 294 g/mol. The summed E-state index contributed by atoms with van der Waals surface area (Å²) in [6.45, 7) is 5.83. The third-order valence-electron chi connectivity index (χ3n) is 3.94. The van der Waals surface area contributed by atoms with E-state index in [2.05, 4.69) is 13.8 Å². The molecule has 1 aromatic heterocycles. The molecule has 0 aliphatic heterocycles. The van der Waals surface area contributed by atoms with E-state index in [1.165, 1.54) is 6.92 Å². The Balaban J connectivity index is 2.05. The lowest BCUT2D eigenvalue weighted by molar-refractivity contribution is 0.00638. The molecular formula is C14H21NO5S. The van der Waals surface area contributed by atoms with Crippen LogP contribution in [0, 0.1) is 12.3 Å². The molecule has 7 heteroatoms. The normalized spacial score (nSPS) is 19.4. The maximum absolute atomic E-state index is 12.0. The van der Waals surface area contributed by atoms with Crippen LogP contribution in [-0.2, 0) is 14.8 Å². The van der Waals surface area contributed by atoms with E-state index in [9.17, 15) is 13.2 Å². The quantitative estimate of drug-likeness (QED) is 0.863. The van der Waals surface area contributed by atoms with E-state index in [0.717, 1.165) is 31.7 Å². The van der Waals surface area contributed by atoms with Gasteiger partial charge >= 0.3 is 5.97 Å². The molecule has 0 saturated heterocycles. The van der Waals surface area contributed by atoms with Crippen molar-refractivity contribution in [2.75, 3.05) is 0 Å². The molecule has 118 valence electrons. The highest BCUT2D eigenvalue weighted by Crippen LogP contribution is 2.36. The summed E-state index contributed by atoms with van der Waals surface area (Å²) in [5.41, 5.74) is 0.283. The van der Waals surface area contributed by atoms with E-state index in [-0.39, 0.29) is 27.9 Å². The fraction of sp³-hybridized carbons (Fsp3) is 0.643. The summed E-state index contributed by atoms with van der Waals surface area (Å²) in [7, 11) is -3.90. The number of esters is 1. The van der Waals surface area contributed by atoms with E-state index >= 15 is 0 Å². The molecule has 0 aromatic carbocycles. The van der Waals surface area contributed by atoms with Crippen molar-refractivity contribution in [3.63, 3.8) is 0 Å². The van der Waals surface area contributed by atoms with Crippen LogP contribution >= 0.6 is 0 Å². The Morgan fingerprint density at radius 2 is 1.95 bits per heavy atom. The Kier molecular flexibility index (Phi) is 4.17. The van der Waals surface area contributed by atoms with Crippen molar-refractivity contribution in [2.45, 2.75) is 57.5 Å². The third-order valence-corrected chi connectivity index (χ3v) is 4.96. The molecule has 1 heterocycles. The fourth-order valence-corrected chi connectivity index (χ4v) is 3.26. The third kappa shape index (κ3) is 3.85. The Labute approximate surface area is 124 Å². The molecule has 2 N–H and O–H groups in total. The average Bonchev–Trinajstić information content (AvgIpc) is 2.74. The molecule has 6 nitrogen and oxygen atoms in total. The first-order chi connectivity index (χ1) is 9.58. The molecule has 1 fully saturated rings. The molecule has 2 rings (SSSR count). The summed E-state index contributed by atoms with van der Waals surface area (Å²) in [5.74, 6) is -0.673. The van der Waals surface area contributed by atoms with Crippen LogP contribution in [0.2, 0.25) is 0 Å². The van der Waals surface area contributed by atoms with Gasteiger partial charge in [-0.05, 0) is 38.0 Å². The predicted octanol–water partition coefficient (Wildman–Crippen LogP) is 2.36. The lowest BCUT2D eigenvalue weighted by atomic mass is 9.76. The highest BCUT2D eigenvalue weighted by Gasteiger charge is 2.30. The molecule has 0 bridgehead atoms. The van der Waals surface area contributed by atoms with Gasteiger partial charge in [0.05, 0.1) is 0 Å². The summed E-state index contributed by atoms with van der Waals surface area (Å²) in [5, 5.41) is 5.05. The van der Waals surface area contributed by atoms with Gasteiger partial charge < -0.3 is 9.15 Å². The van der Waals surface area contributed by atoms with E-state index in [1.807, 2.05) is 0 Å². The molecule has 1 aliphatic rings. The second kappa shape index (κ2) is 5.46. The first-order valence-corrected chi connectivity index (χ1v) is 8.47. The fourth-order valence-electron chi connectivity index (χ4n) is 2.55. The Bertz CT molecular complexity index is 634. The first-order valence-electron chi connectivity index (χ1n) is 6.93. The zero-order valence-corrected chi connectivity index (χ0v) is 13.3. The summed E-state index contributed by atoms with van der Waals surface area (Å²) >= 11 is 0. The zero-order chi connectivity index (χ0) is 15.8. The second-order valence-corrected chi connectivity index (χ2v) is 7.87. The van der Waals surface area contributed by atoms with Crippen molar-refractivity contribution in [1.82, 2.24) is 0 Å². The maximum Gasteiger partial charge on any atom is 0.374 e. The van der Waals surface area contributed by atoms with Crippen molar-refractivity contribution < 1.29 is 22.4 Å². The van der Waals surface area contributed by atoms with Gasteiger partial charge in [0.2, 0.25) is 15.8 Å². The number of ether oxygens (including phenoxy) is 1. The molecule has 0 amide bonds. The van der Waals surface area contributed by atoms with Crippen LogP contribution in [-0.4, -0.2) is 20.5 Å². The van der Waals surface area contributed by atoms with Gasteiger partial charge in [0.15, 0.2) is 0 Å². The maximum atomic E-state index is 12.0. The van der Waals surface area contributed by atoms with Crippen molar-refractivity contribution >= 4 is 16.0 Å². The van der Waals surface area contributed by atoms with Crippen molar-refractivity contribution in [2.24, 2.45) is 10.6 Å². The van der Waals surface area contributed by atoms with Gasteiger partial charge in [-0.1, -0.05) is 13.8 Å². The van der Waals surface area contributed by atoms with Crippen LogP contribution in [0.15, 0.2) is 15.4 Å². The van der Waals surface area contributed by atoms with Crippen LogP contribution in [0.3, 0.4) is 0 Å². The average molecular weight is 315 g/mol. The number of hydrogen-bond acceptors (Lipinski definition) is 5. The van der Waals surface area contributed by atoms with Gasteiger partial charge in [0, 0.05) is 6.07 Å². The number of carbonyl (C=O) groups is 1. The number of hydrogen-bond donors (Lipinski definition) is 1. The number of sulfonamides is 1. The number of rotatable bonds is 3.